The van der Waals surface area contributed by atoms with Crippen LogP contribution in [0.2, 0.25) is 0 Å². The van der Waals surface area contributed by atoms with Crippen molar-refractivity contribution in [2.75, 3.05) is 25.6 Å². The lowest BCUT2D eigenvalue weighted by Crippen LogP contribution is -2.37. The molecule has 0 saturated carbocycles. The molecule has 1 rings (SSSR count). The Labute approximate surface area is 153 Å². The smallest absolute Gasteiger partial charge is 0.407 e. The highest BCUT2D eigenvalue weighted by Crippen LogP contribution is 2.30. The average Bonchev–Trinajstić information content (AvgIpc) is 2.59. The van der Waals surface area contributed by atoms with Crippen LogP contribution in [0.4, 0.5) is 5.69 Å². The number of hydrogen-bond acceptors (Lipinski definition) is 4. The van der Waals surface area contributed by atoms with Gasteiger partial charge in [0.25, 0.3) is 0 Å². The zero-order valence-electron chi connectivity index (χ0n) is 16.2. The van der Waals surface area contributed by atoms with E-state index >= 15 is 0 Å². The van der Waals surface area contributed by atoms with Gasteiger partial charge < -0.3 is 9.79 Å². The van der Waals surface area contributed by atoms with E-state index in [1.165, 1.54) is 57.3 Å². The van der Waals surface area contributed by atoms with Gasteiger partial charge in [0.1, 0.15) is 0 Å². The third-order valence-electron chi connectivity index (χ3n) is 4.35. The normalized spacial score (nSPS) is 13.6. The first-order chi connectivity index (χ1) is 12.0. The molecule has 1 aromatic rings. The molecule has 0 spiro atoms. The minimum atomic E-state index is -4.02. The predicted octanol–water partition coefficient (Wildman–Crippen LogP) is 4.29. The Morgan fingerprint density at radius 2 is 1.44 bits per heavy atom. The molecule has 0 aromatic carbocycles. The van der Waals surface area contributed by atoms with Crippen LogP contribution in [0, 0.1) is 0 Å². The lowest BCUT2D eigenvalue weighted by atomic mass is 10.1. The quantitative estimate of drug-likeness (QED) is 0.362. The molecule has 25 heavy (non-hydrogen) atoms. The Kier molecular flexibility index (Phi) is 11.0. The van der Waals surface area contributed by atoms with Gasteiger partial charge in [-0.25, -0.2) is 4.57 Å². The number of rotatable bonds is 14. The van der Waals surface area contributed by atoms with Gasteiger partial charge in [0.15, 0.2) is 12.4 Å². The lowest BCUT2D eigenvalue weighted by Gasteiger charge is -2.17. The maximum absolute atomic E-state index is 12.1. The van der Waals surface area contributed by atoms with E-state index in [1.54, 1.807) is 12.1 Å². The molecular formula is C19H35N2O3P. The van der Waals surface area contributed by atoms with E-state index in [1.807, 2.05) is 19.0 Å². The van der Waals surface area contributed by atoms with E-state index in [4.69, 9.17) is 4.52 Å². The number of aromatic nitrogens is 1. The number of unbranched alkanes of at least 4 members (excludes halogenated alkanes) is 9. The first-order valence-electron chi connectivity index (χ1n) is 9.62. The fourth-order valence-corrected chi connectivity index (χ4v) is 3.66. The minimum Gasteiger partial charge on any atom is -0.722 e. The molecule has 0 aliphatic heterocycles. The van der Waals surface area contributed by atoms with Crippen molar-refractivity contribution in [1.29, 1.82) is 0 Å². The standard InChI is InChI=1S/C19H35N2O3P/c1-4-5-6-7-8-9-10-11-12-13-18-24-25(22,23)21-16-14-19(15-17-21)20(2)3/h14-17H,4-13,18H2,1-3H3. The molecule has 0 bridgehead atoms. The van der Waals surface area contributed by atoms with Gasteiger partial charge in [0.2, 0.25) is 0 Å². The van der Waals surface area contributed by atoms with Crippen LogP contribution in [-0.2, 0) is 9.09 Å². The van der Waals surface area contributed by atoms with E-state index in [9.17, 15) is 9.46 Å². The molecule has 1 atom stereocenters. The van der Waals surface area contributed by atoms with E-state index < -0.39 is 7.75 Å². The molecule has 0 N–H and O–H groups in total. The van der Waals surface area contributed by atoms with Gasteiger partial charge in [0, 0.05) is 31.9 Å². The Balaban J connectivity index is 2.13. The molecule has 6 heteroatoms. The van der Waals surface area contributed by atoms with Crippen LogP contribution in [0.1, 0.15) is 71.1 Å². The molecule has 5 nitrogen and oxygen atoms in total. The summed E-state index contributed by atoms with van der Waals surface area (Å²) in [6.07, 6.45) is 15.2. The van der Waals surface area contributed by atoms with Crippen LogP contribution in [0.15, 0.2) is 24.5 Å². The summed E-state index contributed by atoms with van der Waals surface area (Å²) in [7, 11) is -0.194. The summed E-state index contributed by atoms with van der Waals surface area (Å²) >= 11 is 0. The number of pyridine rings is 1. The van der Waals surface area contributed by atoms with Crippen molar-refractivity contribution in [1.82, 2.24) is 0 Å². The van der Waals surface area contributed by atoms with Crippen LogP contribution in [0.5, 0.6) is 0 Å². The molecule has 1 aromatic heterocycles. The topological polar surface area (TPSA) is 56.5 Å². The van der Waals surface area contributed by atoms with Crippen molar-refractivity contribution < 1.29 is 18.3 Å². The Morgan fingerprint density at radius 3 is 1.92 bits per heavy atom. The van der Waals surface area contributed by atoms with Crippen LogP contribution in [-0.4, -0.2) is 20.7 Å². The van der Waals surface area contributed by atoms with Gasteiger partial charge >= 0.3 is 7.75 Å². The summed E-state index contributed by atoms with van der Waals surface area (Å²) < 4.78 is 18.4. The Hall–Kier alpha value is -0.900. The lowest BCUT2D eigenvalue weighted by molar-refractivity contribution is -0.573. The maximum atomic E-state index is 12.1. The predicted molar refractivity (Wildman–Crippen MR) is 102 cm³/mol. The highest BCUT2D eigenvalue weighted by molar-refractivity contribution is 7.43. The summed E-state index contributed by atoms with van der Waals surface area (Å²) in [5, 5.41) is 0. The first-order valence-corrected chi connectivity index (χ1v) is 11.1. The molecule has 0 aliphatic carbocycles. The Bertz CT molecular complexity index is 506. The van der Waals surface area contributed by atoms with Crippen molar-refractivity contribution >= 4 is 13.4 Å². The van der Waals surface area contributed by atoms with Gasteiger partial charge in [-0.2, -0.15) is 4.34 Å². The molecule has 0 aliphatic rings. The van der Waals surface area contributed by atoms with Crippen molar-refractivity contribution in [3.8, 4) is 0 Å². The van der Waals surface area contributed by atoms with Crippen LogP contribution >= 0.6 is 7.75 Å². The Morgan fingerprint density at radius 1 is 0.960 bits per heavy atom. The summed E-state index contributed by atoms with van der Waals surface area (Å²) in [6.45, 7) is 2.50. The second-order valence-electron chi connectivity index (χ2n) is 6.81. The minimum absolute atomic E-state index is 0.264. The molecule has 144 valence electrons. The molecule has 0 radical (unpaired) electrons. The SMILES string of the molecule is CCCCCCCCCCCCOP(=O)([O-])[n+]1ccc(N(C)C)cc1. The van der Waals surface area contributed by atoms with E-state index in [0.717, 1.165) is 29.3 Å². The van der Waals surface area contributed by atoms with Crippen molar-refractivity contribution in [2.24, 2.45) is 0 Å². The van der Waals surface area contributed by atoms with Crippen LogP contribution in [0.25, 0.3) is 0 Å². The summed E-state index contributed by atoms with van der Waals surface area (Å²) in [6, 6.07) is 3.52. The zero-order chi connectivity index (χ0) is 18.5. The molecule has 1 unspecified atom stereocenters. The second kappa shape index (κ2) is 12.5. The van der Waals surface area contributed by atoms with E-state index in [0.29, 0.717) is 0 Å². The van der Waals surface area contributed by atoms with Gasteiger partial charge in [0.05, 0.1) is 6.61 Å². The summed E-state index contributed by atoms with van der Waals surface area (Å²) in [5.41, 5.74) is 0.950. The van der Waals surface area contributed by atoms with Gasteiger partial charge in [-0.15, -0.1) is 0 Å². The van der Waals surface area contributed by atoms with Gasteiger partial charge in [-0.3, -0.25) is 4.52 Å². The molecule has 0 fully saturated rings. The van der Waals surface area contributed by atoms with E-state index in [2.05, 4.69) is 6.92 Å². The molecule has 0 amide bonds. The maximum Gasteiger partial charge on any atom is 0.407 e. The summed E-state index contributed by atoms with van der Waals surface area (Å²) in [4.78, 5) is 14.0. The molecular weight excluding hydrogens is 335 g/mol. The average molecular weight is 370 g/mol. The highest BCUT2D eigenvalue weighted by Gasteiger charge is 2.20. The number of anilines is 1. The second-order valence-corrected chi connectivity index (χ2v) is 8.47. The third-order valence-corrected chi connectivity index (χ3v) is 5.69. The van der Waals surface area contributed by atoms with Crippen LogP contribution < -0.4 is 14.1 Å². The third kappa shape index (κ3) is 9.39. The van der Waals surface area contributed by atoms with Crippen molar-refractivity contribution in [2.45, 2.75) is 71.1 Å². The van der Waals surface area contributed by atoms with Gasteiger partial charge in [-0.1, -0.05) is 64.7 Å². The van der Waals surface area contributed by atoms with Crippen molar-refractivity contribution in [3.05, 3.63) is 24.5 Å². The zero-order valence-corrected chi connectivity index (χ0v) is 17.0. The fourth-order valence-electron chi connectivity index (χ4n) is 2.71. The first kappa shape index (κ1) is 22.1. The van der Waals surface area contributed by atoms with Gasteiger partial charge in [-0.05, 0) is 6.42 Å². The number of hydrogen-bond donors (Lipinski definition) is 0. The monoisotopic (exact) mass is 370 g/mol. The highest BCUT2D eigenvalue weighted by atomic mass is 31.2. The van der Waals surface area contributed by atoms with Crippen molar-refractivity contribution in [3.63, 3.8) is 0 Å². The molecule has 1 heterocycles. The van der Waals surface area contributed by atoms with E-state index in [-0.39, 0.29) is 6.61 Å². The number of nitrogens with zero attached hydrogens (tertiary/aromatic N) is 2. The summed E-state index contributed by atoms with van der Waals surface area (Å²) in [5.74, 6) is 0. The van der Waals surface area contributed by atoms with Crippen LogP contribution in [0.3, 0.4) is 0 Å². The largest absolute Gasteiger partial charge is 0.722 e. The fraction of sp³-hybridized carbons (Fsp3) is 0.737. The molecule has 0 saturated heterocycles.